The minimum atomic E-state index is 0.452. The largest absolute Gasteiger partial charge is 0.330 e. The van der Waals surface area contributed by atoms with E-state index < -0.39 is 0 Å². The van der Waals surface area contributed by atoms with Crippen molar-refractivity contribution in [3.8, 4) is 0 Å². The molecule has 1 saturated carbocycles. The molecule has 0 radical (unpaired) electrons. The molecule has 96 valence electrons. The lowest BCUT2D eigenvalue weighted by atomic mass is 9.67. The molecule has 0 atom stereocenters. The van der Waals surface area contributed by atoms with Gasteiger partial charge in [-0.25, -0.2) is 0 Å². The van der Waals surface area contributed by atoms with Crippen molar-refractivity contribution in [2.45, 2.75) is 51.9 Å². The van der Waals surface area contributed by atoms with Crippen molar-refractivity contribution in [3.63, 3.8) is 0 Å². The smallest absolute Gasteiger partial charge is 0.00204 e. The van der Waals surface area contributed by atoms with Crippen LogP contribution in [0.25, 0.3) is 0 Å². The molecule has 2 rings (SSSR count). The Morgan fingerprint density at radius 2 is 2.18 bits per heavy atom. The van der Waals surface area contributed by atoms with Gasteiger partial charge in [-0.1, -0.05) is 13.3 Å². The van der Waals surface area contributed by atoms with Gasteiger partial charge in [-0.05, 0) is 78.8 Å². The molecule has 0 saturated heterocycles. The monoisotopic (exact) mass is 251 g/mol. The second-order valence-corrected chi connectivity index (χ2v) is 6.47. The standard InChI is InChI=1S/C15H25NS/c1-2-13-3-7-15(12-16,8-4-13)9-5-14-6-10-17-11-14/h6,10-11,13H,2-5,7-9,12,16H2,1H3. The lowest BCUT2D eigenvalue weighted by Crippen LogP contribution is -2.35. The van der Waals surface area contributed by atoms with Gasteiger partial charge in [-0.15, -0.1) is 0 Å². The third-order valence-electron chi connectivity index (χ3n) is 4.70. The Kier molecular flexibility index (Phi) is 4.63. The maximum absolute atomic E-state index is 6.07. The van der Waals surface area contributed by atoms with Gasteiger partial charge in [0.2, 0.25) is 0 Å². The summed E-state index contributed by atoms with van der Waals surface area (Å²) in [4.78, 5) is 0. The van der Waals surface area contributed by atoms with Gasteiger partial charge in [0.25, 0.3) is 0 Å². The first kappa shape index (κ1) is 13.1. The van der Waals surface area contributed by atoms with Crippen LogP contribution < -0.4 is 5.73 Å². The quantitative estimate of drug-likeness (QED) is 0.833. The molecule has 1 nitrogen and oxygen atoms in total. The van der Waals surface area contributed by atoms with E-state index in [0.717, 1.165) is 12.5 Å². The molecule has 1 aromatic heterocycles. The summed E-state index contributed by atoms with van der Waals surface area (Å²) >= 11 is 1.81. The summed E-state index contributed by atoms with van der Waals surface area (Å²) in [7, 11) is 0. The van der Waals surface area contributed by atoms with Crippen molar-refractivity contribution >= 4 is 11.3 Å². The van der Waals surface area contributed by atoms with Crippen molar-refractivity contribution in [1.82, 2.24) is 0 Å². The fourth-order valence-electron chi connectivity index (χ4n) is 3.10. The van der Waals surface area contributed by atoms with Crippen LogP contribution in [0.4, 0.5) is 0 Å². The molecule has 1 aliphatic rings. The van der Waals surface area contributed by atoms with Crippen molar-refractivity contribution in [2.75, 3.05) is 6.54 Å². The first-order valence-corrected chi connectivity index (χ1v) is 7.93. The van der Waals surface area contributed by atoms with Crippen LogP contribution in [-0.2, 0) is 6.42 Å². The molecule has 1 heterocycles. The molecule has 0 bridgehead atoms. The molecule has 0 spiro atoms. The van der Waals surface area contributed by atoms with E-state index in [1.807, 2.05) is 0 Å². The van der Waals surface area contributed by atoms with Gasteiger partial charge in [-0.2, -0.15) is 11.3 Å². The summed E-state index contributed by atoms with van der Waals surface area (Å²) < 4.78 is 0. The zero-order chi connectivity index (χ0) is 12.1. The molecule has 0 aromatic carbocycles. The van der Waals surface area contributed by atoms with Gasteiger partial charge in [-0.3, -0.25) is 0 Å². The van der Waals surface area contributed by atoms with Crippen molar-refractivity contribution in [2.24, 2.45) is 17.1 Å². The molecule has 17 heavy (non-hydrogen) atoms. The molecule has 0 unspecified atom stereocenters. The highest BCUT2D eigenvalue weighted by molar-refractivity contribution is 7.07. The zero-order valence-corrected chi connectivity index (χ0v) is 11.8. The van der Waals surface area contributed by atoms with Gasteiger partial charge < -0.3 is 5.73 Å². The summed E-state index contributed by atoms with van der Waals surface area (Å²) in [5.41, 5.74) is 8.02. The molecule has 1 aliphatic carbocycles. The third kappa shape index (κ3) is 3.32. The van der Waals surface area contributed by atoms with E-state index in [1.165, 1.54) is 50.5 Å². The van der Waals surface area contributed by atoms with E-state index >= 15 is 0 Å². The van der Waals surface area contributed by atoms with Crippen molar-refractivity contribution in [3.05, 3.63) is 22.4 Å². The highest BCUT2D eigenvalue weighted by Gasteiger charge is 2.33. The Balaban J connectivity index is 1.87. The van der Waals surface area contributed by atoms with E-state index in [4.69, 9.17) is 5.73 Å². The number of hydrogen-bond donors (Lipinski definition) is 1. The van der Waals surface area contributed by atoms with Crippen LogP contribution in [0.3, 0.4) is 0 Å². The average Bonchev–Trinajstić information content (AvgIpc) is 2.90. The Hall–Kier alpha value is -0.340. The second kappa shape index (κ2) is 6.01. The minimum absolute atomic E-state index is 0.452. The minimum Gasteiger partial charge on any atom is -0.330 e. The Morgan fingerprint density at radius 3 is 2.71 bits per heavy atom. The first-order valence-electron chi connectivity index (χ1n) is 6.99. The van der Waals surface area contributed by atoms with Crippen molar-refractivity contribution in [1.29, 1.82) is 0 Å². The van der Waals surface area contributed by atoms with Gasteiger partial charge in [0.05, 0.1) is 0 Å². The van der Waals surface area contributed by atoms with Crippen molar-refractivity contribution < 1.29 is 0 Å². The van der Waals surface area contributed by atoms with Gasteiger partial charge in [0.15, 0.2) is 0 Å². The van der Waals surface area contributed by atoms with E-state index in [9.17, 15) is 0 Å². The van der Waals surface area contributed by atoms with Crippen LogP contribution in [0.5, 0.6) is 0 Å². The van der Waals surface area contributed by atoms with Crippen LogP contribution in [0, 0.1) is 11.3 Å². The third-order valence-corrected chi connectivity index (χ3v) is 5.43. The normalized spacial score (nSPS) is 29.4. The number of hydrogen-bond acceptors (Lipinski definition) is 2. The number of thiophene rings is 1. The molecule has 1 fully saturated rings. The van der Waals surface area contributed by atoms with Crippen LogP contribution in [-0.4, -0.2) is 6.54 Å². The highest BCUT2D eigenvalue weighted by Crippen LogP contribution is 2.42. The fraction of sp³-hybridized carbons (Fsp3) is 0.733. The van der Waals surface area contributed by atoms with E-state index in [2.05, 4.69) is 23.8 Å². The van der Waals surface area contributed by atoms with E-state index in [1.54, 1.807) is 11.3 Å². The summed E-state index contributed by atoms with van der Waals surface area (Å²) in [6.07, 6.45) is 9.37. The number of nitrogens with two attached hydrogens (primary N) is 1. The van der Waals surface area contributed by atoms with E-state index in [0.29, 0.717) is 5.41 Å². The fourth-order valence-corrected chi connectivity index (χ4v) is 3.80. The van der Waals surface area contributed by atoms with Crippen LogP contribution in [0.15, 0.2) is 16.8 Å². The lowest BCUT2D eigenvalue weighted by molar-refractivity contribution is 0.142. The van der Waals surface area contributed by atoms with Crippen LogP contribution in [0.2, 0.25) is 0 Å². The SMILES string of the molecule is CCC1CCC(CN)(CCc2ccsc2)CC1. The predicted octanol–water partition coefficient (Wildman–Crippen LogP) is 4.23. The topological polar surface area (TPSA) is 26.0 Å². The Labute approximate surface area is 109 Å². The second-order valence-electron chi connectivity index (χ2n) is 5.69. The first-order chi connectivity index (χ1) is 8.28. The number of rotatable bonds is 5. The van der Waals surface area contributed by atoms with E-state index in [-0.39, 0.29) is 0 Å². The lowest BCUT2D eigenvalue weighted by Gasteiger charge is -2.39. The maximum Gasteiger partial charge on any atom is -0.00204 e. The Bertz CT molecular complexity index is 310. The number of aryl methyl sites for hydroxylation is 1. The highest BCUT2D eigenvalue weighted by atomic mass is 32.1. The van der Waals surface area contributed by atoms with Crippen LogP contribution in [0.1, 0.15) is 51.0 Å². The Morgan fingerprint density at radius 1 is 1.41 bits per heavy atom. The summed E-state index contributed by atoms with van der Waals surface area (Å²) in [5.74, 6) is 0.968. The van der Waals surface area contributed by atoms with Gasteiger partial charge in [0, 0.05) is 0 Å². The van der Waals surface area contributed by atoms with Crippen LogP contribution >= 0.6 is 11.3 Å². The summed E-state index contributed by atoms with van der Waals surface area (Å²) in [5, 5.41) is 4.46. The molecule has 0 amide bonds. The van der Waals surface area contributed by atoms with Gasteiger partial charge in [0.1, 0.15) is 0 Å². The average molecular weight is 251 g/mol. The summed E-state index contributed by atoms with van der Waals surface area (Å²) in [6.45, 7) is 3.21. The molecule has 1 aromatic rings. The summed E-state index contributed by atoms with van der Waals surface area (Å²) in [6, 6.07) is 2.26. The predicted molar refractivity (Wildman–Crippen MR) is 76.4 cm³/mol. The molecule has 0 aliphatic heterocycles. The zero-order valence-electron chi connectivity index (χ0n) is 11.0. The molecular formula is C15H25NS. The molecular weight excluding hydrogens is 226 g/mol. The molecule has 2 heteroatoms. The maximum atomic E-state index is 6.07. The van der Waals surface area contributed by atoms with Gasteiger partial charge >= 0.3 is 0 Å². The molecule has 2 N–H and O–H groups in total.